The Bertz CT molecular complexity index is 567. The van der Waals surface area contributed by atoms with Gasteiger partial charge in [-0.15, -0.1) is 11.6 Å². The summed E-state index contributed by atoms with van der Waals surface area (Å²) < 4.78 is 5.64. The summed E-state index contributed by atoms with van der Waals surface area (Å²) in [5, 5.41) is 3.36. The molecule has 0 aliphatic carbocycles. The van der Waals surface area contributed by atoms with Crippen molar-refractivity contribution in [3.05, 3.63) is 59.1 Å². The van der Waals surface area contributed by atoms with Gasteiger partial charge in [0.1, 0.15) is 18.2 Å². The number of ether oxygens (including phenoxy) is 1. The van der Waals surface area contributed by atoms with Crippen LogP contribution >= 0.6 is 23.2 Å². The van der Waals surface area contributed by atoms with E-state index in [2.05, 4.69) is 5.32 Å². The second-order valence-corrected chi connectivity index (χ2v) is 4.83. The highest BCUT2D eigenvalue weighted by Crippen LogP contribution is 2.18. The van der Waals surface area contributed by atoms with Gasteiger partial charge >= 0.3 is 0 Å². The number of hydrogen-bond acceptors (Lipinski definition) is 2. The van der Waals surface area contributed by atoms with E-state index in [0.717, 1.165) is 11.3 Å². The summed E-state index contributed by atoms with van der Waals surface area (Å²) in [5.74, 6) is 0.430. The monoisotopic (exact) mass is 309 g/mol. The van der Waals surface area contributed by atoms with Crippen LogP contribution in [-0.2, 0) is 11.4 Å². The average Bonchev–Trinajstić information content (AvgIpc) is 2.48. The Labute approximate surface area is 127 Å². The van der Waals surface area contributed by atoms with Crippen LogP contribution in [0.25, 0.3) is 0 Å². The van der Waals surface area contributed by atoms with Crippen LogP contribution in [0, 0.1) is 0 Å². The third-order valence-electron chi connectivity index (χ3n) is 2.58. The molecule has 2 rings (SSSR count). The lowest BCUT2D eigenvalue weighted by Crippen LogP contribution is -2.12. The topological polar surface area (TPSA) is 38.3 Å². The van der Waals surface area contributed by atoms with Gasteiger partial charge in [0.2, 0.25) is 5.91 Å². The molecule has 0 fully saturated rings. The number of nitrogens with one attached hydrogen (secondary N) is 1. The van der Waals surface area contributed by atoms with E-state index in [0.29, 0.717) is 17.3 Å². The smallest absolute Gasteiger partial charge is 0.239 e. The first-order chi connectivity index (χ1) is 9.67. The van der Waals surface area contributed by atoms with Crippen LogP contribution in [-0.4, -0.2) is 11.8 Å². The molecule has 5 heteroatoms. The van der Waals surface area contributed by atoms with E-state index in [9.17, 15) is 4.79 Å². The molecule has 2 aromatic carbocycles. The highest BCUT2D eigenvalue weighted by atomic mass is 35.5. The number of hydrogen-bond donors (Lipinski definition) is 1. The van der Waals surface area contributed by atoms with Gasteiger partial charge in [-0.1, -0.05) is 23.7 Å². The second-order valence-electron chi connectivity index (χ2n) is 4.12. The summed E-state index contributed by atoms with van der Waals surface area (Å²) in [6.07, 6.45) is 0. The largest absolute Gasteiger partial charge is 0.489 e. The highest BCUT2D eigenvalue weighted by molar-refractivity contribution is 6.30. The molecule has 3 nitrogen and oxygen atoms in total. The minimum Gasteiger partial charge on any atom is -0.489 e. The number of carbonyl (C=O) groups excluding carboxylic acids is 1. The van der Waals surface area contributed by atoms with Crippen LogP contribution in [0.1, 0.15) is 5.56 Å². The molecule has 0 atom stereocenters. The van der Waals surface area contributed by atoms with E-state index < -0.39 is 0 Å². The van der Waals surface area contributed by atoms with E-state index in [1.807, 2.05) is 24.3 Å². The van der Waals surface area contributed by atoms with Gasteiger partial charge in [-0.2, -0.15) is 0 Å². The molecule has 0 saturated carbocycles. The third kappa shape index (κ3) is 4.44. The van der Waals surface area contributed by atoms with Crippen LogP contribution in [0.15, 0.2) is 48.5 Å². The molecule has 20 heavy (non-hydrogen) atoms. The van der Waals surface area contributed by atoms with Crippen molar-refractivity contribution in [1.82, 2.24) is 0 Å². The number of benzene rings is 2. The lowest BCUT2D eigenvalue weighted by molar-refractivity contribution is -0.113. The summed E-state index contributed by atoms with van der Waals surface area (Å²) >= 11 is 11.2. The average molecular weight is 310 g/mol. The summed E-state index contributed by atoms with van der Waals surface area (Å²) in [6, 6.07) is 14.6. The van der Waals surface area contributed by atoms with Crippen molar-refractivity contribution in [2.24, 2.45) is 0 Å². The van der Waals surface area contributed by atoms with Crippen LogP contribution in [0.3, 0.4) is 0 Å². The number of alkyl halides is 1. The molecule has 0 saturated heterocycles. The molecule has 0 unspecified atom stereocenters. The van der Waals surface area contributed by atoms with Crippen molar-refractivity contribution in [2.75, 3.05) is 11.2 Å². The minimum atomic E-state index is -0.235. The van der Waals surface area contributed by atoms with Crippen molar-refractivity contribution in [1.29, 1.82) is 0 Å². The van der Waals surface area contributed by atoms with Crippen molar-refractivity contribution in [2.45, 2.75) is 6.61 Å². The molecule has 2 aromatic rings. The van der Waals surface area contributed by atoms with Gasteiger partial charge in [-0.3, -0.25) is 4.79 Å². The summed E-state index contributed by atoms with van der Waals surface area (Å²) in [5.41, 5.74) is 1.73. The van der Waals surface area contributed by atoms with Crippen LogP contribution in [0.4, 0.5) is 5.69 Å². The predicted octanol–water partition coefficient (Wildman–Crippen LogP) is 4.10. The fourth-order valence-corrected chi connectivity index (χ4v) is 1.77. The molecule has 1 amide bonds. The molecule has 0 bridgehead atoms. The Balaban J connectivity index is 1.90. The standard InChI is InChI=1S/C15H13Cl2NO2/c16-9-15(19)18-13-5-7-14(8-6-13)20-10-11-1-3-12(17)4-2-11/h1-8H,9-10H2,(H,18,19). The van der Waals surface area contributed by atoms with E-state index in [1.165, 1.54) is 0 Å². The van der Waals surface area contributed by atoms with Crippen molar-refractivity contribution < 1.29 is 9.53 Å². The molecule has 0 heterocycles. The Hall–Kier alpha value is -1.71. The SMILES string of the molecule is O=C(CCl)Nc1ccc(OCc2ccc(Cl)cc2)cc1. The number of amides is 1. The van der Waals surface area contributed by atoms with Gasteiger partial charge in [0.15, 0.2) is 0 Å². The quantitative estimate of drug-likeness (QED) is 0.845. The number of carbonyl (C=O) groups is 1. The Kier molecular flexibility index (Phi) is 5.27. The zero-order valence-electron chi connectivity index (χ0n) is 10.6. The predicted molar refractivity (Wildman–Crippen MR) is 81.6 cm³/mol. The molecule has 1 N–H and O–H groups in total. The lowest BCUT2D eigenvalue weighted by atomic mass is 10.2. The maximum Gasteiger partial charge on any atom is 0.239 e. The van der Waals surface area contributed by atoms with Gasteiger partial charge in [-0.25, -0.2) is 0 Å². The molecule has 0 radical (unpaired) electrons. The van der Waals surface area contributed by atoms with Gasteiger partial charge in [-0.05, 0) is 42.0 Å². The van der Waals surface area contributed by atoms with E-state index in [1.54, 1.807) is 24.3 Å². The summed E-state index contributed by atoms with van der Waals surface area (Å²) in [7, 11) is 0. The van der Waals surface area contributed by atoms with Crippen molar-refractivity contribution in [3.8, 4) is 5.75 Å². The Morgan fingerprint density at radius 2 is 1.70 bits per heavy atom. The third-order valence-corrected chi connectivity index (χ3v) is 3.07. The normalized spacial score (nSPS) is 10.1. The molecule has 0 spiro atoms. The van der Waals surface area contributed by atoms with Gasteiger partial charge in [0.05, 0.1) is 0 Å². The first-order valence-corrected chi connectivity index (χ1v) is 6.92. The van der Waals surface area contributed by atoms with Gasteiger partial charge in [0, 0.05) is 10.7 Å². The Morgan fingerprint density at radius 3 is 2.30 bits per heavy atom. The van der Waals surface area contributed by atoms with Crippen LogP contribution in [0.2, 0.25) is 5.02 Å². The molecular weight excluding hydrogens is 297 g/mol. The van der Waals surface area contributed by atoms with E-state index >= 15 is 0 Å². The van der Waals surface area contributed by atoms with E-state index in [4.69, 9.17) is 27.9 Å². The maximum atomic E-state index is 11.1. The van der Waals surface area contributed by atoms with Crippen molar-refractivity contribution in [3.63, 3.8) is 0 Å². The fourth-order valence-electron chi connectivity index (χ4n) is 1.58. The minimum absolute atomic E-state index is 0.0607. The summed E-state index contributed by atoms with van der Waals surface area (Å²) in [6.45, 7) is 0.463. The number of halogens is 2. The number of rotatable bonds is 5. The Morgan fingerprint density at radius 1 is 1.05 bits per heavy atom. The first kappa shape index (κ1) is 14.7. The highest BCUT2D eigenvalue weighted by Gasteiger charge is 2.01. The zero-order valence-corrected chi connectivity index (χ0v) is 12.1. The lowest BCUT2D eigenvalue weighted by Gasteiger charge is -2.08. The van der Waals surface area contributed by atoms with Crippen LogP contribution in [0.5, 0.6) is 5.75 Å². The summed E-state index contributed by atoms with van der Waals surface area (Å²) in [4.78, 5) is 11.1. The van der Waals surface area contributed by atoms with Crippen molar-refractivity contribution >= 4 is 34.8 Å². The molecule has 0 aliphatic rings. The number of anilines is 1. The molecule has 0 aromatic heterocycles. The second kappa shape index (κ2) is 7.17. The molecular formula is C15H13Cl2NO2. The maximum absolute atomic E-state index is 11.1. The first-order valence-electron chi connectivity index (χ1n) is 6.00. The fraction of sp³-hybridized carbons (Fsp3) is 0.133. The van der Waals surface area contributed by atoms with Gasteiger partial charge < -0.3 is 10.1 Å². The molecule has 0 aliphatic heterocycles. The van der Waals surface area contributed by atoms with E-state index in [-0.39, 0.29) is 11.8 Å². The molecule has 104 valence electrons. The van der Waals surface area contributed by atoms with Crippen LogP contribution < -0.4 is 10.1 Å². The van der Waals surface area contributed by atoms with Gasteiger partial charge in [0.25, 0.3) is 0 Å². The zero-order chi connectivity index (χ0) is 14.4.